The number of rotatable bonds is 3. The first-order valence-corrected chi connectivity index (χ1v) is 9.20. The van der Waals surface area contributed by atoms with E-state index in [-0.39, 0.29) is 12.1 Å². The standard InChI is InChI=1S/C18H21N3O2S/c1-3-21-9-8-13-14(10-21)24-18-15(13)17(22)19-16(20-18)11-4-6-12(23-2)7-5-11/h4-7,16,20H,3,8-10H2,1-2H3,(H,19,22)/p+1/t16-/m1/s1. The van der Waals surface area contributed by atoms with E-state index in [0.29, 0.717) is 0 Å². The van der Waals surface area contributed by atoms with Crippen LogP contribution in [-0.2, 0) is 13.0 Å². The normalized spacial score (nSPS) is 22.2. The highest BCUT2D eigenvalue weighted by Crippen LogP contribution is 2.39. The number of fused-ring (bicyclic) bond motifs is 3. The van der Waals surface area contributed by atoms with E-state index < -0.39 is 0 Å². The third kappa shape index (κ3) is 2.56. The number of carbonyl (C=O) groups is 1. The summed E-state index contributed by atoms with van der Waals surface area (Å²) in [6.07, 6.45) is 0.803. The third-order valence-electron chi connectivity index (χ3n) is 4.96. The lowest BCUT2D eigenvalue weighted by atomic mass is 10.0. The zero-order valence-corrected chi connectivity index (χ0v) is 14.8. The van der Waals surface area contributed by atoms with Gasteiger partial charge in [-0.3, -0.25) is 4.79 Å². The summed E-state index contributed by atoms with van der Waals surface area (Å²) >= 11 is 1.75. The Labute approximate surface area is 145 Å². The number of anilines is 1. The molecule has 2 aromatic rings. The molecule has 4 rings (SSSR count). The van der Waals surface area contributed by atoms with Crippen LogP contribution in [-0.4, -0.2) is 26.1 Å². The number of likely N-dealkylation sites (N-methyl/N-ethyl adjacent to an activating group) is 1. The maximum absolute atomic E-state index is 12.7. The van der Waals surface area contributed by atoms with Gasteiger partial charge in [0.25, 0.3) is 5.91 Å². The number of ether oxygens (including phenoxy) is 1. The molecule has 5 nitrogen and oxygen atoms in total. The highest BCUT2D eigenvalue weighted by atomic mass is 32.1. The van der Waals surface area contributed by atoms with E-state index in [2.05, 4.69) is 17.6 Å². The highest BCUT2D eigenvalue weighted by molar-refractivity contribution is 7.16. The summed E-state index contributed by atoms with van der Waals surface area (Å²) < 4.78 is 5.20. The Morgan fingerprint density at radius 1 is 1.29 bits per heavy atom. The van der Waals surface area contributed by atoms with Gasteiger partial charge in [-0.1, -0.05) is 12.1 Å². The van der Waals surface area contributed by atoms with Crippen molar-refractivity contribution in [2.45, 2.75) is 26.1 Å². The summed E-state index contributed by atoms with van der Waals surface area (Å²) in [5, 5.41) is 7.62. The minimum Gasteiger partial charge on any atom is -0.497 e. The monoisotopic (exact) mass is 344 g/mol. The van der Waals surface area contributed by atoms with Crippen LogP contribution in [0.2, 0.25) is 0 Å². The molecule has 2 aliphatic heterocycles. The van der Waals surface area contributed by atoms with Crippen LogP contribution in [0.4, 0.5) is 5.00 Å². The van der Waals surface area contributed by atoms with Crippen molar-refractivity contribution in [1.82, 2.24) is 5.32 Å². The number of benzene rings is 1. The summed E-state index contributed by atoms with van der Waals surface area (Å²) in [4.78, 5) is 15.7. The van der Waals surface area contributed by atoms with Crippen LogP contribution in [0.5, 0.6) is 5.75 Å². The Hall–Kier alpha value is -2.05. The summed E-state index contributed by atoms with van der Waals surface area (Å²) in [6.45, 7) is 5.50. The van der Waals surface area contributed by atoms with E-state index in [1.165, 1.54) is 10.4 Å². The second-order valence-electron chi connectivity index (χ2n) is 6.31. The molecule has 1 unspecified atom stereocenters. The van der Waals surface area contributed by atoms with Crippen LogP contribution < -0.4 is 20.3 Å². The fourth-order valence-corrected chi connectivity index (χ4v) is 4.86. The largest absolute Gasteiger partial charge is 0.497 e. The molecule has 1 aromatic carbocycles. The fraction of sp³-hybridized carbons (Fsp3) is 0.389. The molecule has 0 bridgehead atoms. The molecule has 1 amide bonds. The Balaban J connectivity index is 1.63. The van der Waals surface area contributed by atoms with Crippen molar-refractivity contribution < 1.29 is 14.4 Å². The van der Waals surface area contributed by atoms with Crippen LogP contribution in [0.1, 0.15) is 39.5 Å². The smallest absolute Gasteiger partial charge is 0.256 e. The molecule has 0 spiro atoms. The van der Waals surface area contributed by atoms with Crippen LogP contribution in [0.25, 0.3) is 0 Å². The average Bonchev–Trinajstić information content (AvgIpc) is 2.99. The number of hydrogen-bond donors (Lipinski definition) is 3. The van der Waals surface area contributed by atoms with Crippen LogP contribution in [0.15, 0.2) is 24.3 Å². The second-order valence-corrected chi connectivity index (χ2v) is 7.42. The second kappa shape index (κ2) is 6.11. The van der Waals surface area contributed by atoms with Gasteiger partial charge in [-0.2, -0.15) is 0 Å². The highest BCUT2D eigenvalue weighted by Gasteiger charge is 2.34. The van der Waals surface area contributed by atoms with E-state index in [9.17, 15) is 4.79 Å². The molecule has 6 heteroatoms. The van der Waals surface area contributed by atoms with E-state index >= 15 is 0 Å². The van der Waals surface area contributed by atoms with E-state index in [0.717, 1.165) is 47.9 Å². The third-order valence-corrected chi connectivity index (χ3v) is 6.12. The van der Waals surface area contributed by atoms with Crippen molar-refractivity contribution in [3.05, 3.63) is 45.8 Å². The summed E-state index contributed by atoms with van der Waals surface area (Å²) in [6, 6.07) is 7.80. The molecule has 3 N–H and O–H groups in total. The average molecular weight is 344 g/mol. The SMILES string of the molecule is CC[NH+]1CCc2c(sc3c2C(=O)N[C@@H](c2ccc(OC)cc2)N3)C1. The van der Waals surface area contributed by atoms with Crippen molar-refractivity contribution in [3.63, 3.8) is 0 Å². The Kier molecular flexibility index (Phi) is 3.94. The summed E-state index contributed by atoms with van der Waals surface area (Å²) in [5.74, 6) is 0.859. The molecule has 0 saturated carbocycles. The lowest BCUT2D eigenvalue weighted by molar-refractivity contribution is -0.913. The summed E-state index contributed by atoms with van der Waals surface area (Å²) in [5.41, 5.74) is 3.15. The van der Waals surface area contributed by atoms with Gasteiger partial charge >= 0.3 is 0 Å². The number of amides is 1. The van der Waals surface area contributed by atoms with Crippen molar-refractivity contribution in [2.75, 3.05) is 25.5 Å². The first-order valence-electron chi connectivity index (χ1n) is 8.39. The predicted octanol–water partition coefficient (Wildman–Crippen LogP) is 1.57. The molecule has 24 heavy (non-hydrogen) atoms. The molecule has 1 aromatic heterocycles. The van der Waals surface area contributed by atoms with Gasteiger partial charge in [-0.15, -0.1) is 11.3 Å². The zero-order valence-electron chi connectivity index (χ0n) is 13.9. The van der Waals surface area contributed by atoms with E-state index in [4.69, 9.17) is 4.74 Å². The first kappa shape index (κ1) is 15.5. The molecule has 126 valence electrons. The van der Waals surface area contributed by atoms with Gasteiger partial charge in [0, 0.05) is 6.42 Å². The molecule has 0 aliphatic carbocycles. The van der Waals surface area contributed by atoms with Gasteiger partial charge in [0.1, 0.15) is 23.5 Å². The van der Waals surface area contributed by atoms with Crippen LogP contribution in [0.3, 0.4) is 0 Å². The molecule has 0 radical (unpaired) electrons. The number of hydrogen-bond acceptors (Lipinski definition) is 4. The maximum atomic E-state index is 12.7. The quantitative estimate of drug-likeness (QED) is 0.792. The number of nitrogens with one attached hydrogen (secondary N) is 3. The number of quaternary nitrogens is 1. The van der Waals surface area contributed by atoms with Gasteiger partial charge in [-0.05, 0) is 30.2 Å². The summed E-state index contributed by atoms with van der Waals surface area (Å²) in [7, 11) is 1.65. The topological polar surface area (TPSA) is 54.8 Å². The minimum absolute atomic E-state index is 0.0435. The zero-order chi connectivity index (χ0) is 16.7. The Morgan fingerprint density at radius 2 is 2.08 bits per heavy atom. The predicted molar refractivity (Wildman–Crippen MR) is 94.9 cm³/mol. The van der Waals surface area contributed by atoms with Gasteiger partial charge < -0.3 is 20.3 Å². The van der Waals surface area contributed by atoms with E-state index in [1.807, 2.05) is 24.3 Å². The Bertz CT molecular complexity index is 769. The maximum Gasteiger partial charge on any atom is 0.256 e. The number of carbonyl (C=O) groups excluding carboxylic acids is 1. The molecule has 3 heterocycles. The first-order chi connectivity index (χ1) is 11.7. The van der Waals surface area contributed by atoms with Crippen LogP contribution >= 0.6 is 11.3 Å². The number of thiophene rings is 1. The molecule has 0 fully saturated rings. The van der Waals surface area contributed by atoms with Crippen molar-refractivity contribution in [1.29, 1.82) is 0 Å². The van der Waals surface area contributed by atoms with Gasteiger partial charge in [0.2, 0.25) is 0 Å². The van der Waals surface area contributed by atoms with Gasteiger partial charge in [-0.25, -0.2) is 0 Å². The van der Waals surface area contributed by atoms with E-state index in [1.54, 1.807) is 23.3 Å². The van der Waals surface area contributed by atoms with Gasteiger partial charge in [0.15, 0.2) is 0 Å². The fourth-order valence-electron chi connectivity index (χ4n) is 3.51. The Morgan fingerprint density at radius 3 is 2.79 bits per heavy atom. The number of methoxy groups -OCH3 is 1. The lowest BCUT2D eigenvalue weighted by Crippen LogP contribution is -3.11. The van der Waals surface area contributed by atoms with Crippen molar-refractivity contribution in [2.24, 2.45) is 0 Å². The molecule has 0 saturated heterocycles. The van der Waals surface area contributed by atoms with Crippen LogP contribution in [0, 0.1) is 0 Å². The molecular weight excluding hydrogens is 322 g/mol. The molecule has 2 atom stereocenters. The minimum atomic E-state index is -0.189. The van der Waals surface area contributed by atoms with Crippen molar-refractivity contribution in [3.8, 4) is 5.75 Å². The molecular formula is C18H22N3O2S+. The lowest BCUT2D eigenvalue weighted by Gasteiger charge is -2.27. The molecule has 2 aliphatic rings. The van der Waals surface area contributed by atoms with Gasteiger partial charge in [0.05, 0.1) is 30.6 Å². The van der Waals surface area contributed by atoms with Crippen molar-refractivity contribution >= 4 is 22.2 Å².